The van der Waals surface area contributed by atoms with Crippen molar-refractivity contribution in [2.75, 3.05) is 19.8 Å². The first-order valence-corrected chi connectivity index (χ1v) is 5.84. The lowest BCUT2D eigenvalue weighted by Crippen LogP contribution is -2.55. The van der Waals surface area contributed by atoms with Gasteiger partial charge in [0.1, 0.15) is 5.54 Å². The fourth-order valence-electron chi connectivity index (χ4n) is 1.78. The predicted molar refractivity (Wildman–Crippen MR) is 61.4 cm³/mol. The Morgan fingerprint density at radius 3 is 2.76 bits per heavy atom. The van der Waals surface area contributed by atoms with Gasteiger partial charge in [0.05, 0.1) is 6.61 Å². The number of nitrogens with one attached hydrogen (secondary N) is 1. The number of amides is 1. The van der Waals surface area contributed by atoms with Gasteiger partial charge in [-0.3, -0.25) is 9.59 Å². The molecule has 0 aromatic rings. The molecule has 1 rings (SSSR count). The van der Waals surface area contributed by atoms with E-state index in [4.69, 9.17) is 15.6 Å². The highest BCUT2D eigenvalue weighted by Crippen LogP contribution is 2.16. The van der Waals surface area contributed by atoms with Gasteiger partial charge in [-0.1, -0.05) is 13.3 Å². The molecule has 0 saturated carbocycles. The van der Waals surface area contributed by atoms with Crippen molar-refractivity contribution in [2.24, 2.45) is 11.7 Å². The van der Waals surface area contributed by atoms with Crippen LogP contribution >= 0.6 is 0 Å². The van der Waals surface area contributed by atoms with E-state index in [-0.39, 0.29) is 24.9 Å². The van der Waals surface area contributed by atoms with Gasteiger partial charge < -0.3 is 20.9 Å². The summed E-state index contributed by atoms with van der Waals surface area (Å²) in [6, 6.07) is 0. The van der Waals surface area contributed by atoms with Crippen LogP contribution in [-0.2, 0) is 14.3 Å². The van der Waals surface area contributed by atoms with Crippen molar-refractivity contribution in [3.05, 3.63) is 0 Å². The summed E-state index contributed by atoms with van der Waals surface area (Å²) >= 11 is 0. The minimum Gasteiger partial charge on any atom is -0.481 e. The number of aliphatic carboxylic acids is 1. The predicted octanol–water partition coefficient (Wildman–Crippen LogP) is -0.279. The van der Waals surface area contributed by atoms with Crippen LogP contribution in [0.5, 0.6) is 0 Å². The molecule has 17 heavy (non-hydrogen) atoms. The van der Waals surface area contributed by atoms with E-state index in [1.54, 1.807) is 0 Å². The maximum atomic E-state index is 11.8. The summed E-state index contributed by atoms with van der Waals surface area (Å²) in [7, 11) is 0. The number of carbonyl (C=O) groups is 2. The Morgan fingerprint density at radius 1 is 1.59 bits per heavy atom. The Kier molecular flexibility index (Phi) is 4.89. The highest BCUT2D eigenvalue weighted by molar-refractivity contribution is 5.86. The number of carboxylic acids is 1. The molecule has 0 aliphatic carbocycles. The zero-order chi connectivity index (χ0) is 12.9. The maximum Gasteiger partial charge on any atom is 0.303 e. The molecule has 0 aromatic heterocycles. The molecule has 0 aromatic carbocycles. The zero-order valence-corrected chi connectivity index (χ0v) is 10.1. The van der Waals surface area contributed by atoms with Crippen LogP contribution in [0.4, 0.5) is 0 Å². The highest BCUT2D eigenvalue weighted by atomic mass is 16.5. The van der Waals surface area contributed by atoms with E-state index in [0.29, 0.717) is 26.0 Å². The van der Waals surface area contributed by atoms with Crippen LogP contribution in [0, 0.1) is 5.92 Å². The Hall–Kier alpha value is -1.14. The Labute approximate surface area is 101 Å². The minimum absolute atomic E-state index is 0.0534. The number of carbonyl (C=O) groups excluding carboxylic acids is 1. The van der Waals surface area contributed by atoms with Gasteiger partial charge in [-0.2, -0.15) is 0 Å². The first kappa shape index (κ1) is 13.9. The van der Waals surface area contributed by atoms with Crippen molar-refractivity contribution in [3.63, 3.8) is 0 Å². The molecular weight excluding hydrogens is 224 g/mol. The second-order valence-electron chi connectivity index (χ2n) is 4.54. The lowest BCUT2D eigenvalue weighted by Gasteiger charge is -2.22. The number of rotatable bonds is 6. The van der Waals surface area contributed by atoms with Crippen LogP contribution in [0.2, 0.25) is 0 Å². The molecule has 0 radical (unpaired) electrons. The summed E-state index contributed by atoms with van der Waals surface area (Å²) in [4.78, 5) is 22.4. The summed E-state index contributed by atoms with van der Waals surface area (Å²) in [5, 5.41) is 11.4. The van der Waals surface area contributed by atoms with Crippen molar-refractivity contribution >= 4 is 11.9 Å². The molecule has 1 aliphatic rings. The second-order valence-corrected chi connectivity index (χ2v) is 4.54. The molecule has 0 bridgehead atoms. The van der Waals surface area contributed by atoms with E-state index < -0.39 is 11.5 Å². The first-order valence-electron chi connectivity index (χ1n) is 5.84. The van der Waals surface area contributed by atoms with E-state index in [9.17, 15) is 9.59 Å². The van der Waals surface area contributed by atoms with Gasteiger partial charge in [-0.25, -0.2) is 0 Å². The number of carboxylic acid groups (broad SMARTS) is 1. The van der Waals surface area contributed by atoms with Crippen molar-refractivity contribution in [1.82, 2.24) is 5.32 Å². The molecule has 98 valence electrons. The van der Waals surface area contributed by atoms with Gasteiger partial charge >= 0.3 is 5.97 Å². The van der Waals surface area contributed by atoms with E-state index in [2.05, 4.69) is 5.32 Å². The molecule has 1 saturated heterocycles. The molecule has 4 N–H and O–H groups in total. The van der Waals surface area contributed by atoms with Crippen LogP contribution in [0.15, 0.2) is 0 Å². The second kappa shape index (κ2) is 5.97. The average Bonchev–Trinajstić information content (AvgIpc) is 2.71. The average molecular weight is 244 g/mol. The Balaban J connectivity index is 2.38. The normalized spacial score (nSPS) is 25.5. The van der Waals surface area contributed by atoms with E-state index in [0.717, 1.165) is 0 Å². The number of ether oxygens (including phenoxy) is 1. The third-order valence-electron chi connectivity index (χ3n) is 3.10. The fourth-order valence-corrected chi connectivity index (χ4v) is 1.78. The summed E-state index contributed by atoms with van der Waals surface area (Å²) in [6.45, 7) is 2.97. The molecule has 1 amide bonds. The molecule has 1 fully saturated rings. The monoisotopic (exact) mass is 244 g/mol. The minimum atomic E-state index is -0.943. The van der Waals surface area contributed by atoms with Crippen LogP contribution < -0.4 is 11.1 Å². The molecule has 2 atom stereocenters. The lowest BCUT2D eigenvalue weighted by atomic mass is 9.97. The summed E-state index contributed by atoms with van der Waals surface area (Å²) in [6.07, 6.45) is 1.28. The summed E-state index contributed by atoms with van der Waals surface area (Å²) < 4.78 is 5.10. The standard InChI is InChI=1S/C11H20N2O4/c1-2-8(5-9(14)15)6-13-10(16)11(12)3-4-17-7-11/h8H,2-7,12H2,1H3,(H,13,16)(H,14,15). The number of hydrogen-bond acceptors (Lipinski definition) is 4. The SMILES string of the molecule is CCC(CNC(=O)C1(N)CCOC1)CC(=O)O. The van der Waals surface area contributed by atoms with Gasteiger partial charge in [-0.05, 0) is 12.3 Å². The molecule has 1 aliphatic heterocycles. The van der Waals surface area contributed by atoms with Crippen molar-refractivity contribution in [1.29, 1.82) is 0 Å². The summed E-state index contributed by atoms with van der Waals surface area (Å²) in [5.41, 5.74) is 4.94. The van der Waals surface area contributed by atoms with Crippen LogP contribution in [0.1, 0.15) is 26.2 Å². The molecule has 2 unspecified atom stereocenters. The van der Waals surface area contributed by atoms with E-state index in [1.807, 2.05) is 6.92 Å². The Morgan fingerprint density at radius 2 is 2.29 bits per heavy atom. The largest absolute Gasteiger partial charge is 0.481 e. The van der Waals surface area contributed by atoms with Crippen LogP contribution in [0.25, 0.3) is 0 Å². The molecule has 6 nitrogen and oxygen atoms in total. The van der Waals surface area contributed by atoms with Gasteiger partial charge in [0.2, 0.25) is 5.91 Å². The van der Waals surface area contributed by atoms with E-state index in [1.165, 1.54) is 0 Å². The van der Waals surface area contributed by atoms with E-state index >= 15 is 0 Å². The zero-order valence-electron chi connectivity index (χ0n) is 10.1. The summed E-state index contributed by atoms with van der Waals surface area (Å²) in [5.74, 6) is -1.15. The van der Waals surface area contributed by atoms with Crippen molar-refractivity contribution in [3.8, 4) is 0 Å². The third-order valence-corrected chi connectivity index (χ3v) is 3.10. The third kappa shape index (κ3) is 3.98. The van der Waals surface area contributed by atoms with Gasteiger partial charge in [0.25, 0.3) is 0 Å². The first-order chi connectivity index (χ1) is 7.98. The van der Waals surface area contributed by atoms with Gasteiger partial charge in [0.15, 0.2) is 0 Å². The van der Waals surface area contributed by atoms with Crippen molar-refractivity contribution < 1.29 is 19.4 Å². The van der Waals surface area contributed by atoms with Crippen LogP contribution in [-0.4, -0.2) is 42.3 Å². The lowest BCUT2D eigenvalue weighted by molar-refractivity contribution is -0.138. The Bertz CT molecular complexity index is 287. The maximum absolute atomic E-state index is 11.8. The molecule has 0 spiro atoms. The molecule has 6 heteroatoms. The molecular formula is C11H20N2O4. The topological polar surface area (TPSA) is 102 Å². The van der Waals surface area contributed by atoms with Gasteiger partial charge in [0, 0.05) is 19.6 Å². The smallest absolute Gasteiger partial charge is 0.303 e. The fraction of sp³-hybridized carbons (Fsp3) is 0.818. The van der Waals surface area contributed by atoms with Crippen molar-refractivity contribution in [2.45, 2.75) is 31.7 Å². The highest BCUT2D eigenvalue weighted by Gasteiger charge is 2.38. The number of nitrogens with two attached hydrogens (primary N) is 1. The number of hydrogen-bond donors (Lipinski definition) is 3. The molecule has 1 heterocycles. The van der Waals surface area contributed by atoms with Gasteiger partial charge in [-0.15, -0.1) is 0 Å². The van der Waals surface area contributed by atoms with Crippen LogP contribution in [0.3, 0.4) is 0 Å². The quantitative estimate of drug-likeness (QED) is 0.596.